The van der Waals surface area contributed by atoms with Gasteiger partial charge in [0.05, 0.1) is 31.2 Å². The molecule has 2 N–H and O–H groups in total. The number of hydrogen-bond donors (Lipinski definition) is 2. The number of H-pyrrole nitrogens is 1. The Morgan fingerprint density at radius 2 is 1.96 bits per heavy atom. The maximum absolute atomic E-state index is 11.5. The molecule has 3 aromatic rings. The van der Waals surface area contributed by atoms with Gasteiger partial charge in [-0.05, 0) is 24.5 Å². The lowest BCUT2D eigenvalue weighted by atomic mass is 9.79. The van der Waals surface area contributed by atoms with E-state index in [4.69, 9.17) is 9.72 Å². The number of hydrogen-bond acceptors (Lipinski definition) is 6. The second-order valence-corrected chi connectivity index (χ2v) is 7.46. The smallest absolute Gasteiger partial charge is 0.167 e. The first-order valence-electron chi connectivity index (χ1n) is 9.69. The minimum absolute atomic E-state index is 0.694. The third-order valence-corrected chi connectivity index (χ3v) is 5.76. The van der Waals surface area contributed by atoms with Gasteiger partial charge in [0.15, 0.2) is 11.5 Å². The van der Waals surface area contributed by atoms with Crippen molar-refractivity contribution in [1.29, 1.82) is 0 Å². The van der Waals surface area contributed by atoms with Gasteiger partial charge in [0, 0.05) is 24.5 Å². The van der Waals surface area contributed by atoms with E-state index in [9.17, 15) is 5.11 Å². The molecule has 4 heterocycles. The lowest BCUT2D eigenvalue weighted by Crippen LogP contribution is -2.37. The Morgan fingerprint density at radius 3 is 2.70 bits per heavy atom. The second kappa shape index (κ2) is 6.61. The first-order chi connectivity index (χ1) is 13.2. The van der Waals surface area contributed by atoms with Gasteiger partial charge in [-0.15, -0.1) is 0 Å². The fourth-order valence-electron chi connectivity index (χ4n) is 4.28. The molecule has 1 aliphatic heterocycles. The van der Waals surface area contributed by atoms with Crippen LogP contribution in [0.2, 0.25) is 0 Å². The van der Waals surface area contributed by atoms with Gasteiger partial charge in [-0.3, -0.25) is 5.10 Å². The number of ether oxygens (including phenoxy) is 1. The lowest BCUT2D eigenvalue weighted by molar-refractivity contribution is 0.000728. The van der Waals surface area contributed by atoms with Gasteiger partial charge in [-0.2, -0.15) is 14.9 Å². The molecule has 0 unspecified atom stereocenters. The van der Waals surface area contributed by atoms with Crippen LogP contribution >= 0.6 is 0 Å². The Labute approximate surface area is 157 Å². The highest BCUT2D eigenvalue weighted by atomic mass is 16.5. The summed E-state index contributed by atoms with van der Waals surface area (Å²) in [4.78, 5) is 7.14. The van der Waals surface area contributed by atoms with Gasteiger partial charge >= 0.3 is 0 Å². The van der Waals surface area contributed by atoms with Crippen LogP contribution in [0.1, 0.15) is 37.7 Å². The molecule has 1 saturated carbocycles. The molecule has 8 heteroatoms. The summed E-state index contributed by atoms with van der Waals surface area (Å²) in [6.45, 7) is 2.99. The van der Waals surface area contributed by atoms with E-state index in [1.807, 2.05) is 12.3 Å². The zero-order chi connectivity index (χ0) is 18.3. The fourth-order valence-corrected chi connectivity index (χ4v) is 4.28. The molecule has 0 spiro atoms. The van der Waals surface area contributed by atoms with E-state index in [0.717, 1.165) is 67.0 Å². The van der Waals surface area contributed by atoms with Crippen molar-refractivity contribution in [1.82, 2.24) is 25.0 Å². The van der Waals surface area contributed by atoms with Gasteiger partial charge in [-0.1, -0.05) is 19.3 Å². The molecule has 0 bridgehead atoms. The van der Waals surface area contributed by atoms with Crippen LogP contribution in [0.5, 0.6) is 0 Å². The highest BCUT2D eigenvalue weighted by molar-refractivity contribution is 5.83. The Morgan fingerprint density at radius 1 is 1.15 bits per heavy atom. The van der Waals surface area contributed by atoms with Crippen LogP contribution in [0.25, 0.3) is 16.9 Å². The quantitative estimate of drug-likeness (QED) is 0.736. The SMILES string of the molecule is OC1(c2cc(N3CCOCC3)nc3c2cnn3-c2ccn[nH]2)CCCCC1. The fraction of sp³-hybridized carbons (Fsp3) is 0.526. The summed E-state index contributed by atoms with van der Waals surface area (Å²) in [5.41, 5.74) is 0.874. The molecule has 0 atom stereocenters. The molecular weight excluding hydrogens is 344 g/mol. The largest absolute Gasteiger partial charge is 0.385 e. The van der Waals surface area contributed by atoms with Crippen molar-refractivity contribution in [2.24, 2.45) is 0 Å². The van der Waals surface area contributed by atoms with E-state index in [1.165, 1.54) is 6.42 Å². The second-order valence-electron chi connectivity index (χ2n) is 7.46. The summed E-state index contributed by atoms with van der Waals surface area (Å²) in [6, 6.07) is 3.93. The predicted molar refractivity (Wildman–Crippen MR) is 101 cm³/mol. The summed E-state index contributed by atoms with van der Waals surface area (Å²) >= 11 is 0. The van der Waals surface area contributed by atoms with Crippen LogP contribution in [0, 0.1) is 0 Å². The number of morpholine rings is 1. The van der Waals surface area contributed by atoms with Gasteiger partial charge in [0.2, 0.25) is 0 Å². The van der Waals surface area contributed by atoms with Crippen molar-refractivity contribution < 1.29 is 9.84 Å². The molecule has 8 nitrogen and oxygen atoms in total. The van der Waals surface area contributed by atoms with E-state index in [2.05, 4.69) is 26.3 Å². The van der Waals surface area contributed by atoms with Crippen LogP contribution in [0.4, 0.5) is 5.82 Å². The third kappa shape index (κ3) is 2.89. The number of pyridine rings is 1. The Kier molecular flexibility index (Phi) is 4.09. The molecule has 0 amide bonds. The topological polar surface area (TPSA) is 92.1 Å². The average Bonchev–Trinajstić information content (AvgIpc) is 3.38. The molecule has 0 radical (unpaired) electrons. The highest BCUT2D eigenvalue weighted by Crippen LogP contribution is 2.41. The minimum atomic E-state index is -0.817. The molecule has 2 fully saturated rings. The van der Waals surface area contributed by atoms with Crippen LogP contribution in [-0.4, -0.2) is 56.4 Å². The Hall–Kier alpha value is -2.45. The summed E-state index contributed by atoms with van der Waals surface area (Å²) in [5, 5.41) is 23.9. The van der Waals surface area contributed by atoms with Crippen molar-refractivity contribution in [2.75, 3.05) is 31.2 Å². The molecule has 142 valence electrons. The van der Waals surface area contributed by atoms with E-state index in [1.54, 1.807) is 10.9 Å². The molecule has 3 aromatic heterocycles. The number of fused-ring (bicyclic) bond motifs is 1. The maximum atomic E-state index is 11.5. The molecule has 5 rings (SSSR count). The molecule has 1 aliphatic carbocycles. The summed E-state index contributed by atoms with van der Waals surface area (Å²) in [7, 11) is 0. The van der Waals surface area contributed by atoms with Gasteiger partial charge in [0.1, 0.15) is 5.82 Å². The van der Waals surface area contributed by atoms with Crippen LogP contribution in [0.3, 0.4) is 0 Å². The zero-order valence-electron chi connectivity index (χ0n) is 15.3. The third-order valence-electron chi connectivity index (χ3n) is 5.76. The average molecular weight is 368 g/mol. The van der Waals surface area contributed by atoms with Crippen molar-refractivity contribution in [2.45, 2.75) is 37.7 Å². The molecule has 27 heavy (non-hydrogen) atoms. The summed E-state index contributed by atoms with van der Waals surface area (Å²) in [6.07, 6.45) is 8.34. The number of aromatic nitrogens is 5. The highest BCUT2D eigenvalue weighted by Gasteiger charge is 2.34. The van der Waals surface area contributed by atoms with Gasteiger partial charge in [0.25, 0.3) is 0 Å². The number of aromatic amines is 1. The van der Waals surface area contributed by atoms with Crippen molar-refractivity contribution in [3.05, 3.63) is 30.1 Å². The maximum Gasteiger partial charge on any atom is 0.167 e. The monoisotopic (exact) mass is 368 g/mol. The molecule has 1 saturated heterocycles. The van der Waals surface area contributed by atoms with E-state index >= 15 is 0 Å². The Bertz CT molecular complexity index is 923. The standard InChI is InChI=1S/C19H24N6O2/c26-19(5-2-1-3-6-19)15-12-17(24-8-10-27-11-9-24)22-18-14(15)13-21-25(18)16-4-7-20-23-16/h4,7,12-13,26H,1-3,5-6,8-11H2,(H,20,23). The minimum Gasteiger partial charge on any atom is -0.385 e. The van der Waals surface area contributed by atoms with E-state index in [0.29, 0.717) is 13.2 Å². The Balaban J connectivity index is 1.69. The lowest BCUT2D eigenvalue weighted by Gasteiger charge is -2.34. The number of rotatable bonds is 3. The van der Waals surface area contributed by atoms with E-state index < -0.39 is 5.60 Å². The van der Waals surface area contributed by atoms with Crippen molar-refractivity contribution >= 4 is 16.9 Å². The van der Waals surface area contributed by atoms with E-state index in [-0.39, 0.29) is 0 Å². The number of nitrogens with one attached hydrogen (secondary N) is 1. The molecule has 0 aromatic carbocycles. The number of aliphatic hydroxyl groups is 1. The molecule has 2 aliphatic rings. The number of anilines is 1. The summed E-state index contributed by atoms with van der Waals surface area (Å²) in [5.74, 6) is 1.64. The predicted octanol–water partition coefficient (Wildman–Crippen LogP) is 2.13. The normalized spacial score (nSPS) is 20.3. The van der Waals surface area contributed by atoms with Crippen LogP contribution < -0.4 is 4.90 Å². The first-order valence-corrected chi connectivity index (χ1v) is 9.69. The van der Waals surface area contributed by atoms with Gasteiger partial charge < -0.3 is 14.7 Å². The first kappa shape index (κ1) is 16.7. The van der Waals surface area contributed by atoms with Crippen LogP contribution in [-0.2, 0) is 10.3 Å². The van der Waals surface area contributed by atoms with Crippen molar-refractivity contribution in [3.63, 3.8) is 0 Å². The summed E-state index contributed by atoms with van der Waals surface area (Å²) < 4.78 is 7.26. The molecular formula is C19H24N6O2. The zero-order valence-corrected chi connectivity index (χ0v) is 15.3. The number of nitrogens with zero attached hydrogens (tertiary/aromatic N) is 5. The van der Waals surface area contributed by atoms with Gasteiger partial charge in [-0.25, -0.2) is 4.98 Å². The van der Waals surface area contributed by atoms with Crippen molar-refractivity contribution in [3.8, 4) is 5.82 Å². The van der Waals surface area contributed by atoms with Crippen LogP contribution in [0.15, 0.2) is 24.5 Å².